The van der Waals surface area contributed by atoms with Crippen LogP contribution in [0.1, 0.15) is 25.7 Å². The molecule has 0 aromatic rings. The van der Waals surface area contributed by atoms with Gasteiger partial charge in [0, 0.05) is 0 Å². The van der Waals surface area contributed by atoms with Gasteiger partial charge in [0.1, 0.15) is 0 Å². The summed E-state index contributed by atoms with van der Waals surface area (Å²) in [6, 6.07) is 0. The van der Waals surface area contributed by atoms with E-state index in [1.54, 1.807) is 4.13 Å². The second kappa shape index (κ2) is 5.65. The molecule has 1 fully saturated rings. The van der Waals surface area contributed by atoms with E-state index in [9.17, 15) is 16.8 Å². The Morgan fingerprint density at radius 3 is 2.31 bits per heavy atom. The first kappa shape index (κ1) is 14.2. The van der Waals surface area contributed by atoms with Crippen molar-refractivity contribution in [3.8, 4) is 0 Å². The van der Waals surface area contributed by atoms with E-state index in [4.69, 9.17) is 9.11 Å². The van der Waals surface area contributed by atoms with E-state index in [1.165, 1.54) is 0 Å². The summed E-state index contributed by atoms with van der Waals surface area (Å²) < 4.78 is 63.2. The zero-order valence-corrected chi connectivity index (χ0v) is 10.7. The number of rotatable bonds is 4. The number of hydrogen-bond donors (Lipinski definition) is 3. The highest BCUT2D eigenvalue weighted by Crippen LogP contribution is 2.26. The molecule has 4 atom stereocenters. The molecule has 0 amide bonds. The zero-order valence-electron chi connectivity index (χ0n) is 8.24. The lowest BCUT2D eigenvalue weighted by Crippen LogP contribution is -2.40. The minimum Gasteiger partial charge on any atom is -0.306 e. The molecule has 3 N–H and O–H groups in total. The van der Waals surface area contributed by atoms with E-state index in [0.29, 0.717) is 19.3 Å². The quantitative estimate of drug-likeness (QED) is 0.605. The van der Waals surface area contributed by atoms with Crippen LogP contribution in [0.4, 0.5) is 0 Å². The van der Waals surface area contributed by atoms with Gasteiger partial charge < -0.3 is 4.55 Å². The highest BCUT2D eigenvalue weighted by molar-refractivity contribution is 8.00. The van der Waals surface area contributed by atoms with E-state index in [0.717, 1.165) is 0 Å². The van der Waals surface area contributed by atoms with Gasteiger partial charge in [-0.3, -0.25) is 4.55 Å². The van der Waals surface area contributed by atoms with Crippen LogP contribution in [-0.4, -0.2) is 36.4 Å². The third-order valence-electron chi connectivity index (χ3n) is 2.49. The summed E-state index contributed by atoms with van der Waals surface area (Å²) in [5.74, 6) is 0. The Kier molecular flexibility index (Phi) is 5.01. The third kappa shape index (κ3) is 3.86. The first-order valence-corrected chi connectivity index (χ1v) is 8.37. The normalized spacial score (nSPS) is 30.9. The molecule has 16 heavy (non-hydrogen) atoms. The smallest absolute Gasteiger partial charge is 0.245 e. The second-order valence-electron chi connectivity index (χ2n) is 3.56. The summed E-state index contributed by atoms with van der Waals surface area (Å²) in [6.45, 7) is 0. The van der Waals surface area contributed by atoms with Crippen LogP contribution >= 0.6 is 0 Å². The van der Waals surface area contributed by atoms with Crippen molar-refractivity contribution in [1.29, 1.82) is 0 Å². The lowest BCUT2D eigenvalue weighted by atomic mass is 10.00. The van der Waals surface area contributed by atoms with Crippen molar-refractivity contribution in [3.63, 3.8) is 0 Å². The molecule has 0 saturated heterocycles. The average molecular weight is 291 g/mol. The Bertz CT molecular complexity index is 393. The fourth-order valence-corrected chi connectivity index (χ4v) is 4.92. The van der Waals surface area contributed by atoms with E-state index < -0.39 is 42.9 Å². The molecular formula is C6H13NO6S3. The van der Waals surface area contributed by atoms with Crippen LogP contribution in [0.15, 0.2) is 0 Å². The maximum Gasteiger partial charge on any atom is 0.245 e. The molecule has 0 aliphatic heterocycles. The lowest BCUT2D eigenvalue weighted by Gasteiger charge is -2.26. The van der Waals surface area contributed by atoms with Gasteiger partial charge in [0.15, 0.2) is 11.1 Å². The molecule has 1 rings (SSSR count). The molecular weight excluding hydrogens is 278 g/mol. The molecule has 10 heteroatoms. The summed E-state index contributed by atoms with van der Waals surface area (Å²) >= 11 is -4.69. The van der Waals surface area contributed by atoms with E-state index in [2.05, 4.69) is 0 Å². The van der Waals surface area contributed by atoms with Gasteiger partial charge in [0.25, 0.3) is 0 Å². The maximum absolute atomic E-state index is 11.5. The topological polar surface area (TPSA) is 121 Å². The third-order valence-corrected chi connectivity index (χ3v) is 6.29. The standard InChI is InChI=1S/C6H13NO6S3/c8-14(9)5-2-1-3-6(4-5)16(12,13)7-15(10)11/h5-7H,1-4H2,(H,8,9)(H,10,11). The predicted molar refractivity (Wildman–Crippen MR) is 59.6 cm³/mol. The molecule has 1 saturated carbocycles. The molecule has 0 aromatic carbocycles. The van der Waals surface area contributed by atoms with Crippen LogP contribution in [0.5, 0.6) is 0 Å². The van der Waals surface area contributed by atoms with Crippen LogP contribution in [0.3, 0.4) is 0 Å². The Morgan fingerprint density at radius 1 is 1.19 bits per heavy atom. The van der Waals surface area contributed by atoms with Crippen molar-refractivity contribution >= 4 is 32.4 Å². The summed E-state index contributed by atoms with van der Waals surface area (Å²) in [4.78, 5) is 0. The first-order chi connectivity index (χ1) is 7.33. The van der Waals surface area contributed by atoms with Gasteiger partial charge in [-0.15, -0.1) is 4.13 Å². The van der Waals surface area contributed by atoms with Gasteiger partial charge in [0.05, 0.1) is 10.5 Å². The largest absolute Gasteiger partial charge is 0.306 e. The Balaban J connectivity index is 2.73. The van der Waals surface area contributed by atoms with Crippen LogP contribution in [0.2, 0.25) is 0 Å². The van der Waals surface area contributed by atoms with Crippen molar-refractivity contribution in [2.45, 2.75) is 36.2 Å². The summed E-state index contributed by atoms with van der Waals surface area (Å²) in [5.41, 5.74) is 0. The molecule has 0 spiro atoms. The summed E-state index contributed by atoms with van der Waals surface area (Å²) in [5, 5.41) is -1.46. The number of hydrogen-bond acceptors (Lipinski definition) is 4. The SMILES string of the molecule is O=S(O)NS(=O)(=O)C1CCCC(S(=O)O)C1. The summed E-state index contributed by atoms with van der Waals surface area (Å²) in [7, 11) is -3.89. The highest BCUT2D eigenvalue weighted by atomic mass is 32.3. The average Bonchev–Trinajstić information content (AvgIpc) is 2.16. The Labute approximate surface area is 98.8 Å². The lowest BCUT2D eigenvalue weighted by molar-refractivity contribution is 0.460. The van der Waals surface area contributed by atoms with Gasteiger partial charge in [-0.2, -0.15) is 0 Å². The molecule has 0 bridgehead atoms. The molecule has 0 aromatic heterocycles. The first-order valence-electron chi connectivity index (χ1n) is 4.54. The van der Waals surface area contributed by atoms with Crippen LogP contribution in [0.25, 0.3) is 0 Å². The molecule has 1 aliphatic rings. The van der Waals surface area contributed by atoms with E-state index >= 15 is 0 Å². The predicted octanol–water partition coefficient (Wildman–Crippen LogP) is -0.425. The monoisotopic (exact) mass is 291 g/mol. The highest BCUT2D eigenvalue weighted by Gasteiger charge is 2.34. The minimum atomic E-state index is -3.89. The fourth-order valence-electron chi connectivity index (χ4n) is 1.73. The Morgan fingerprint density at radius 2 is 1.81 bits per heavy atom. The molecule has 0 heterocycles. The second-order valence-corrected chi connectivity index (χ2v) is 7.70. The number of nitrogens with one attached hydrogen (secondary N) is 1. The molecule has 96 valence electrons. The van der Waals surface area contributed by atoms with Crippen molar-refractivity contribution in [2.75, 3.05) is 0 Å². The fraction of sp³-hybridized carbons (Fsp3) is 1.00. The summed E-state index contributed by atoms with van der Waals surface area (Å²) in [6.07, 6.45) is 1.38. The van der Waals surface area contributed by atoms with Gasteiger partial charge in [0.2, 0.25) is 21.3 Å². The minimum absolute atomic E-state index is 0.0373. The van der Waals surface area contributed by atoms with Crippen molar-refractivity contribution < 1.29 is 25.9 Å². The van der Waals surface area contributed by atoms with Crippen LogP contribution in [-0.2, 0) is 32.4 Å². The zero-order chi connectivity index (χ0) is 12.3. The molecule has 1 aliphatic carbocycles. The van der Waals surface area contributed by atoms with E-state index in [-0.39, 0.29) is 6.42 Å². The number of sulfonamides is 1. The van der Waals surface area contributed by atoms with Gasteiger partial charge in [-0.05, 0) is 19.3 Å². The molecule has 0 radical (unpaired) electrons. The van der Waals surface area contributed by atoms with Crippen LogP contribution < -0.4 is 4.13 Å². The van der Waals surface area contributed by atoms with Gasteiger partial charge >= 0.3 is 0 Å². The molecule has 7 nitrogen and oxygen atoms in total. The van der Waals surface area contributed by atoms with Gasteiger partial charge in [-0.25, -0.2) is 16.8 Å². The van der Waals surface area contributed by atoms with Crippen molar-refractivity contribution in [2.24, 2.45) is 0 Å². The van der Waals surface area contributed by atoms with Crippen LogP contribution in [0, 0.1) is 0 Å². The molecule has 4 unspecified atom stereocenters. The van der Waals surface area contributed by atoms with Crippen molar-refractivity contribution in [1.82, 2.24) is 4.13 Å². The Hall–Kier alpha value is 0.130. The maximum atomic E-state index is 11.5. The van der Waals surface area contributed by atoms with Crippen molar-refractivity contribution in [3.05, 3.63) is 0 Å². The van der Waals surface area contributed by atoms with E-state index in [1.807, 2.05) is 0 Å². The van der Waals surface area contributed by atoms with Gasteiger partial charge in [-0.1, -0.05) is 6.42 Å².